The van der Waals surface area contributed by atoms with E-state index >= 15 is 0 Å². The second-order valence-electron chi connectivity index (χ2n) is 5.22. The SMILES string of the molecule is O=S(=O)(NC1(CBr)CCCC1)c1ccccc1C(F)(F)F. The van der Waals surface area contributed by atoms with Crippen LogP contribution in [0.4, 0.5) is 13.2 Å². The van der Waals surface area contributed by atoms with Gasteiger partial charge in [0.2, 0.25) is 10.0 Å². The Balaban J connectivity index is 2.41. The number of hydrogen-bond acceptors (Lipinski definition) is 2. The lowest BCUT2D eigenvalue weighted by molar-refractivity contribution is -0.139. The summed E-state index contributed by atoms with van der Waals surface area (Å²) in [7, 11) is -4.23. The molecule has 1 saturated carbocycles. The predicted molar refractivity (Wildman–Crippen MR) is 76.8 cm³/mol. The first kappa shape index (κ1) is 16.8. The molecule has 0 atom stereocenters. The Labute approximate surface area is 130 Å². The molecule has 1 aliphatic rings. The molecule has 0 spiro atoms. The van der Waals surface area contributed by atoms with E-state index in [1.165, 1.54) is 12.1 Å². The van der Waals surface area contributed by atoms with Gasteiger partial charge in [0.25, 0.3) is 0 Å². The Morgan fingerprint density at radius 2 is 1.76 bits per heavy atom. The van der Waals surface area contributed by atoms with Crippen LogP contribution in [0.15, 0.2) is 29.2 Å². The van der Waals surface area contributed by atoms with Crippen molar-refractivity contribution in [2.24, 2.45) is 0 Å². The largest absolute Gasteiger partial charge is 0.417 e. The fourth-order valence-electron chi connectivity index (χ4n) is 2.59. The van der Waals surface area contributed by atoms with Gasteiger partial charge in [0.1, 0.15) is 0 Å². The smallest absolute Gasteiger partial charge is 0.207 e. The van der Waals surface area contributed by atoms with E-state index in [1.54, 1.807) is 0 Å². The molecular weight excluding hydrogens is 371 g/mol. The Hall–Kier alpha value is -0.600. The summed E-state index contributed by atoms with van der Waals surface area (Å²) in [6.45, 7) is 0. The second kappa shape index (κ2) is 5.89. The number of alkyl halides is 4. The number of halogens is 4. The van der Waals surface area contributed by atoms with Crippen molar-refractivity contribution in [3.8, 4) is 0 Å². The van der Waals surface area contributed by atoms with Crippen molar-refractivity contribution in [3.05, 3.63) is 29.8 Å². The third-order valence-electron chi connectivity index (χ3n) is 3.65. The van der Waals surface area contributed by atoms with Crippen LogP contribution < -0.4 is 4.72 Å². The van der Waals surface area contributed by atoms with Gasteiger partial charge in [-0.25, -0.2) is 13.1 Å². The standard InChI is InChI=1S/C13H15BrF3NO2S/c14-9-12(7-3-4-8-12)18-21(19,20)11-6-2-1-5-10(11)13(15,16)17/h1-2,5-6,18H,3-4,7-9H2. The van der Waals surface area contributed by atoms with Crippen LogP contribution in [-0.4, -0.2) is 19.3 Å². The molecule has 0 aromatic heterocycles. The molecule has 1 aliphatic carbocycles. The van der Waals surface area contributed by atoms with Crippen molar-refractivity contribution >= 4 is 26.0 Å². The summed E-state index contributed by atoms with van der Waals surface area (Å²) in [5, 5.41) is 0.382. The van der Waals surface area contributed by atoms with Crippen LogP contribution in [0.1, 0.15) is 31.2 Å². The molecule has 0 heterocycles. The van der Waals surface area contributed by atoms with Crippen molar-refractivity contribution in [2.75, 3.05) is 5.33 Å². The van der Waals surface area contributed by atoms with Crippen LogP contribution in [0, 0.1) is 0 Å². The Bertz CT molecular complexity index is 610. The van der Waals surface area contributed by atoms with Gasteiger partial charge >= 0.3 is 6.18 Å². The van der Waals surface area contributed by atoms with Gasteiger partial charge in [0, 0.05) is 10.9 Å². The molecule has 0 amide bonds. The van der Waals surface area contributed by atoms with E-state index in [4.69, 9.17) is 0 Å². The van der Waals surface area contributed by atoms with Gasteiger partial charge in [0.05, 0.1) is 10.5 Å². The number of benzene rings is 1. The van der Waals surface area contributed by atoms with Crippen molar-refractivity contribution in [2.45, 2.75) is 42.3 Å². The van der Waals surface area contributed by atoms with Gasteiger partial charge in [-0.3, -0.25) is 0 Å². The fraction of sp³-hybridized carbons (Fsp3) is 0.538. The lowest BCUT2D eigenvalue weighted by Crippen LogP contribution is -2.47. The van der Waals surface area contributed by atoms with E-state index in [0.717, 1.165) is 25.0 Å². The van der Waals surface area contributed by atoms with Gasteiger partial charge < -0.3 is 0 Å². The summed E-state index contributed by atoms with van der Waals surface area (Å²) >= 11 is 3.27. The van der Waals surface area contributed by atoms with E-state index in [1.807, 2.05) is 0 Å². The van der Waals surface area contributed by atoms with E-state index in [9.17, 15) is 21.6 Å². The first-order valence-corrected chi connectivity index (χ1v) is 9.07. The first-order chi connectivity index (χ1) is 9.70. The van der Waals surface area contributed by atoms with Crippen LogP contribution in [0.2, 0.25) is 0 Å². The predicted octanol–water partition coefficient (Wildman–Crippen LogP) is 3.69. The molecule has 0 unspecified atom stereocenters. The van der Waals surface area contributed by atoms with Gasteiger partial charge in [-0.15, -0.1) is 0 Å². The monoisotopic (exact) mass is 385 g/mol. The lowest BCUT2D eigenvalue weighted by Gasteiger charge is -2.28. The molecule has 3 nitrogen and oxygen atoms in total. The third-order valence-corrected chi connectivity index (χ3v) is 6.36. The molecule has 1 N–H and O–H groups in total. The molecule has 21 heavy (non-hydrogen) atoms. The van der Waals surface area contributed by atoms with Crippen molar-refractivity contribution in [1.82, 2.24) is 4.72 Å². The van der Waals surface area contributed by atoms with Gasteiger partial charge in [-0.2, -0.15) is 13.2 Å². The molecule has 118 valence electrons. The lowest BCUT2D eigenvalue weighted by atomic mass is 10.0. The van der Waals surface area contributed by atoms with Crippen LogP contribution in [-0.2, 0) is 16.2 Å². The van der Waals surface area contributed by atoms with E-state index < -0.39 is 32.2 Å². The maximum atomic E-state index is 13.0. The number of hydrogen-bond donors (Lipinski definition) is 1. The number of rotatable bonds is 4. The molecule has 2 rings (SSSR count). The summed E-state index contributed by atoms with van der Waals surface area (Å²) in [4.78, 5) is -0.718. The van der Waals surface area contributed by atoms with E-state index in [-0.39, 0.29) is 0 Å². The molecule has 1 aromatic rings. The highest BCUT2D eigenvalue weighted by Crippen LogP contribution is 2.36. The minimum atomic E-state index is -4.71. The quantitative estimate of drug-likeness (QED) is 0.803. The minimum Gasteiger partial charge on any atom is -0.207 e. The highest BCUT2D eigenvalue weighted by Gasteiger charge is 2.41. The number of sulfonamides is 1. The molecule has 8 heteroatoms. The zero-order valence-electron chi connectivity index (χ0n) is 11.1. The highest BCUT2D eigenvalue weighted by molar-refractivity contribution is 9.09. The first-order valence-electron chi connectivity index (χ1n) is 6.46. The average Bonchev–Trinajstić information content (AvgIpc) is 2.86. The Morgan fingerprint density at radius 3 is 2.29 bits per heavy atom. The summed E-state index contributed by atoms with van der Waals surface area (Å²) in [5.74, 6) is 0. The van der Waals surface area contributed by atoms with Gasteiger partial charge in [-0.05, 0) is 25.0 Å². The summed E-state index contributed by atoms with van der Waals surface area (Å²) < 4.78 is 66.2. The van der Waals surface area contributed by atoms with E-state index in [2.05, 4.69) is 20.7 Å². The van der Waals surface area contributed by atoms with Crippen molar-refractivity contribution in [1.29, 1.82) is 0 Å². The normalized spacial score (nSPS) is 18.9. The molecule has 1 fully saturated rings. The topological polar surface area (TPSA) is 46.2 Å². The zero-order chi connectivity index (χ0) is 15.7. The maximum absolute atomic E-state index is 13.0. The average molecular weight is 386 g/mol. The molecular formula is C13H15BrF3NO2S. The van der Waals surface area contributed by atoms with Crippen LogP contribution >= 0.6 is 15.9 Å². The van der Waals surface area contributed by atoms with Gasteiger partial charge in [-0.1, -0.05) is 40.9 Å². The van der Waals surface area contributed by atoms with E-state index in [0.29, 0.717) is 18.2 Å². The van der Waals surface area contributed by atoms with Crippen LogP contribution in [0.5, 0.6) is 0 Å². The minimum absolute atomic E-state index is 0.382. The summed E-state index contributed by atoms with van der Waals surface area (Å²) in [6, 6.07) is 4.24. The second-order valence-corrected chi connectivity index (χ2v) is 7.43. The highest BCUT2D eigenvalue weighted by atomic mass is 79.9. The summed E-state index contributed by atoms with van der Waals surface area (Å²) in [6.07, 6.45) is -1.76. The molecule has 0 aliphatic heterocycles. The van der Waals surface area contributed by atoms with Gasteiger partial charge in [0.15, 0.2) is 0 Å². The molecule has 1 aromatic carbocycles. The zero-order valence-corrected chi connectivity index (χ0v) is 13.5. The maximum Gasteiger partial charge on any atom is 0.417 e. The fourth-order valence-corrected chi connectivity index (χ4v) is 5.16. The molecule has 0 saturated heterocycles. The third kappa shape index (κ3) is 3.60. The number of nitrogens with one attached hydrogen (secondary N) is 1. The van der Waals surface area contributed by atoms with Crippen molar-refractivity contribution in [3.63, 3.8) is 0 Å². The molecule has 0 bridgehead atoms. The van der Waals surface area contributed by atoms with Crippen LogP contribution in [0.25, 0.3) is 0 Å². The summed E-state index contributed by atoms with van der Waals surface area (Å²) in [5.41, 5.74) is -1.84. The Kier molecular flexibility index (Phi) is 4.70. The van der Waals surface area contributed by atoms with Crippen LogP contribution in [0.3, 0.4) is 0 Å². The Morgan fingerprint density at radius 1 is 1.19 bits per heavy atom. The molecule has 0 radical (unpaired) electrons. The van der Waals surface area contributed by atoms with Crippen molar-refractivity contribution < 1.29 is 21.6 Å².